The van der Waals surface area contributed by atoms with E-state index in [1.165, 1.54) is 10.4 Å². The van der Waals surface area contributed by atoms with Crippen molar-refractivity contribution >= 4 is 27.3 Å². The Balaban J connectivity index is 1.65. The van der Waals surface area contributed by atoms with E-state index in [9.17, 15) is 0 Å². The number of oxazole rings is 1. The van der Waals surface area contributed by atoms with Gasteiger partial charge in [0.05, 0.1) is 5.69 Å². The first kappa shape index (κ1) is 15.5. The predicted octanol–water partition coefficient (Wildman–Crippen LogP) is 5.11. The first-order valence-corrected chi connectivity index (χ1v) is 8.70. The molecule has 0 saturated heterocycles. The van der Waals surface area contributed by atoms with Crippen LogP contribution < -0.4 is 0 Å². The van der Waals surface area contributed by atoms with Crippen molar-refractivity contribution in [2.75, 3.05) is 7.05 Å². The first-order chi connectivity index (χ1) is 10.6. The molecule has 0 fully saturated rings. The average molecular weight is 377 g/mol. The van der Waals surface area contributed by atoms with Gasteiger partial charge in [0.1, 0.15) is 6.26 Å². The van der Waals surface area contributed by atoms with Gasteiger partial charge in [0, 0.05) is 33.4 Å². The van der Waals surface area contributed by atoms with Gasteiger partial charge in [0.2, 0.25) is 5.89 Å². The van der Waals surface area contributed by atoms with E-state index in [-0.39, 0.29) is 0 Å². The lowest BCUT2D eigenvalue weighted by Gasteiger charge is -2.13. The third-order valence-electron chi connectivity index (χ3n) is 3.33. The Morgan fingerprint density at radius 2 is 2.00 bits per heavy atom. The quantitative estimate of drug-likeness (QED) is 0.619. The zero-order valence-corrected chi connectivity index (χ0v) is 14.9. The van der Waals surface area contributed by atoms with E-state index >= 15 is 0 Å². The van der Waals surface area contributed by atoms with Crippen LogP contribution in [0.1, 0.15) is 16.1 Å². The van der Waals surface area contributed by atoms with Gasteiger partial charge in [-0.15, -0.1) is 11.3 Å². The third-order valence-corrected chi connectivity index (χ3v) is 5.01. The van der Waals surface area contributed by atoms with Crippen LogP contribution in [-0.4, -0.2) is 16.9 Å². The Hall–Kier alpha value is -1.43. The lowest BCUT2D eigenvalue weighted by Crippen LogP contribution is -2.16. The maximum atomic E-state index is 5.60. The summed E-state index contributed by atoms with van der Waals surface area (Å²) in [5.74, 6) is 0.683. The third kappa shape index (κ3) is 3.85. The second kappa shape index (κ2) is 6.77. The number of aromatic nitrogens is 1. The molecule has 0 atom stereocenters. The molecule has 0 saturated carbocycles. The maximum absolute atomic E-state index is 5.60. The van der Waals surface area contributed by atoms with Crippen molar-refractivity contribution in [2.45, 2.75) is 20.0 Å². The van der Waals surface area contributed by atoms with Crippen molar-refractivity contribution in [3.8, 4) is 11.5 Å². The molecule has 0 unspecified atom stereocenters. The summed E-state index contributed by atoms with van der Waals surface area (Å²) < 4.78 is 6.75. The highest BCUT2D eigenvalue weighted by Crippen LogP contribution is 2.22. The Kier molecular flexibility index (Phi) is 4.76. The molecule has 22 heavy (non-hydrogen) atoms. The van der Waals surface area contributed by atoms with Gasteiger partial charge in [-0.3, -0.25) is 4.90 Å². The van der Waals surface area contributed by atoms with Crippen LogP contribution in [0.25, 0.3) is 11.5 Å². The number of nitrogens with zero attached hydrogens (tertiary/aromatic N) is 2. The van der Waals surface area contributed by atoms with Gasteiger partial charge in [0.15, 0.2) is 0 Å². The Morgan fingerprint density at radius 3 is 2.68 bits per heavy atom. The monoisotopic (exact) mass is 376 g/mol. The van der Waals surface area contributed by atoms with Crippen LogP contribution in [0, 0.1) is 6.92 Å². The largest absolute Gasteiger partial charge is 0.444 e. The fourth-order valence-corrected chi connectivity index (χ4v) is 3.77. The highest BCUT2D eigenvalue weighted by molar-refractivity contribution is 9.10. The van der Waals surface area contributed by atoms with Crippen LogP contribution in [0.4, 0.5) is 0 Å². The van der Waals surface area contributed by atoms with E-state index in [0.717, 1.165) is 28.8 Å². The molecular weight excluding hydrogens is 360 g/mol. The van der Waals surface area contributed by atoms with Crippen molar-refractivity contribution in [3.63, 3.8) is 0 Å². The normalized spacial score (nSPS) is 11.3. The molecule has 3 nitrogen and oxygen atoms in total. The van der Waals surface area contributed by atoms with Crippen LogP contribution in [0.5, 0.6) is 0 Å². The van der Waals surface area contributed by atoms with E-state index in [4.69, 9.17) is 4.42 Å². The molecule has 0 radical (unpaired) electrons. The Morgan fingerprint density at radius 1 is 1.23 bits per heavy atom. The smallest absolute Gasteiger partial charge is 0.226 e. The second-order valence-corrected chi connectivity index (χ2v) is 7.33. The molecule has 3 rings (SSSR count). The molecule has 2 heterocycles. The molecule has 2 aromatic heterocycles. The molecule has 0 spiro atoms. The number of hydrogen-bond donors (Lipinski definition) is 0. The molecule has 0 aliphatic heterocycles. The number of thiophene rings is 1. The van der Waals surface area contributed by atoms with E-state index in [2.05, 4.69) is 63.4 Å². The fourth-order valence-electron chi connectivity index (χ4n) is 2.24. The molecule has 0 N–H and O–H groups in total. The minimum atomic E-state index is 0.683. The molecule has 5 heteroatoms. The van der Waals surface area contributed by atoms with Crippen molar-refractivity contribution in [1.29, 1.82) is 0 Å². The number of aryl methyl sites for hydroxylation is 1. The lowest BCUT2D eigenvalue weighted by atomic mass is 10.1. The second-order valence-electron chi connectivity index (χ2n) is 5.41. The summed E-state index contributed by atoms with van der Waals surface area (Å²) in [7, 11) is 2.09. The van der Waals surface area contributed by atoms with Crippen molar-refractivity contribution in [2.24, 2.45) is 0 Å². The highest BCUT2D eigenvalue weighted by atomic mass is 79.9. The van der Waals surface area contributed by atoms with Crippen molar-refractivity contribution < 1.29 is 4.42 Å². The molecule has 0 amide bonds. The van der Waals surface area contributed by atoms with Crippen molar-refractivity contribution in [1.82, 2.24) is 9.88 Å². The zero-order valence-electron chi connectivity index (χ0n) is 12.5. The molecular formula is C17H17BrN2OS. The molecule has 0 aliphatic carbocycles. The van der Waals surface area contributed by atoms with E-state index in [1.54, 1.807) is 17.6 Å². The van der Waals surface area contributed by atoms with Gasteiger partial charge in [-0.2, -0.15) is 0 Å². The average Bonchev–Trinajstić information content (AvgIpc) is 3.09. The standard InChI is InChI=1S/C17H17BrN2OS/c1-12-3-5-13(6-4-12)17-19-15(10-21-17)8-20(2)9-16-7-14(18)11-22-16/h3-7,10-11H,8-9H2,1-2H3. The van der Waals surface area contributed by atoms with Gasteiger partial charge in [0.25, 0.3) is 0 Å². The number of rotatable bonds is 5. The molecule has 114 valence electrons. The summed E-state index contributed by atoms with van der Waals surface area (Å²) in [5.41, 5.74) is 3.20. The number of benzene rings is 1. The van der Waals surface area contributed by atoms with Crippen LogP contribution in [-0.2, 0) is 13.1 Å². The maximum Gasteiger partial charge on any atom is 0.226 e. The summed E-state index contributed by atoms with van der Waals surface area (Å²) in [6.07, 6.45) is 1.75. The minimum absolute atomic E-state index is 0.683. The van der Waals surface area contributed by atoms with E-state index in [1.807, 2.05) is 12.1 Å². The van der Waals surface area contributed by atoms with E-state index < -0.39 is 0 Å². The van der Waals surface area contributed by atoms with E-state index in [0.29, 0.717) is 5.89 Å². The van der Waals surface area contributed by atoms with Crippen LogP contribution in [0.3, 0.4) is 0 Å². The fraction of sp³-hybridized carbons (Fsp3) is 0.235. The van der Waals surface area contributed by atoms with Gasteiger partial charge in [-0.05, 0) is 48.1 Å². The van der Waals surface area contributed by atoms with Crippen LogP contribution in [0.15, 0.2) is 50.9 Å². The van der Waals surface area contributed by atoms with Gasteiger partial charge >= 0.3 is 0 Å². The SMILES string of the molecule is Cc1ccc(-c2nc(CN(C)Cc3cc(Br)cs3)co2)cc1. The predicted molar refractivity (Wildman–Crippen MR) is 93.9 cm³/mol. The highest BCUT2D eigenvalue weighted by Gasteiger charge is 2.10. The summed E-state index contributed by atoms with van der Waals surface area (Å²) in [4.78, 5) is 8.14. The Bertz CT molecular complexity index is 748. The summed E-state index contributed by atoms with van der Waals surface area (Å²) in [6.45, 7) is 3.75. The zero-order chi connectivity index (χ0) is 15.5. The number of halogens is 1. The minimum Gasteiger partial charge on any atom is -0.444 e. The molecule has 3 aromatic rings. The van der Waals surface area contributed by atoms with Gasteiger partial charge in [-0.1, -0.05) is 17.7 Å². The lowest BCUT2D eigenvalue weighted by molar-refractivity contribution is 0.317. The molecule has 0 bridgehead atoms. The topological polar surface area (TPSA) is 29.3 Å². The summed E-state index contributed by atoms with van der Waals surface area (Å²) >= 11 is 5.25. The molecule has 1 aromatic carbocycles. The van der Waals surface area contributed by atoms with Crippen LogP contribution >= 0.6 is 27.3 Å². The summed E-state index contributed by atoms with van der Waals surface area (Å²) in [6, 6.07) is 10.4. The van der Waals surface area contributed by atoms with Crippen LogP contribution in [0.2, 0.25) is 0 Å². The first-order valence-electron chi connectivity index (χ1n) is 7.03. The van der Waals surface area contributed by atoms with Gasteiger partial charge < -0.3 is 4.42 Å². The Labute approximate surface area is 142 Å². The van der Waals surface area contributed by atoms with Crippen molar-refractivity contribution in [3.05, 3.63) is 62.6 Å². The summed E-state index contributed by atoms with van der Waals surface area (Å²) in [5, 5.41) is 2.11. The van der Waals surface area contributed by atoms with Gasteiger partial charge in [-0.25, -0.2) is 4.98 Å². The number of hydrogen-bond acceptors (Lipinski definition) is 4. The molecule has 0 aliphatic rings.